The van der Waals surface area contributed by atoms with Crippen molar-refractivity contribution in [2.45, 2.75) is 18.8 Å². The quantitative estimate of drug-likeness (QED) is 0.726. The minimum absolute atomic E-state index is 0.157. The van der Waals surface area contributed by atoms with Crippen LogP contribution < -0.4 is 5.32 Å². The highest BCUT2D eigenvalue weighted by molar-refractivity contribution is 5.83. The predicted octanol–water partition coefficient (Wildman–Crippen LogP) is 4.56. The minimum Gasteiger partial charge on any atom is -0.361 e. The summed E-state index contributed by atoms with van der Waals surface area (Å²) in [6.45, 7) is 0.157. The Labute approximate surface area is 126 Å². The molecule has 0 aliphatic heterocycles. The van der Waals surface area contributed by atoms with Crippen LogP contribution in [0.25, 0.3) is 10.9 Å². The van der Waals surface area contributed by atoms with Crippen LogP contribution in [0.5, 0.6) is 0 Å². The van der Waals surface area contributed by atoms with E-state index in [1.54, 1.807) is 36.4 Å². The molecule has 0 radical (unpaired) electrons. The second kappa shape index (κ2) is 5.85. The molecule has 2 nitrogen and oxygen atoms in total. The normalized spacial score (nSPS) is 13.4. The fraction of sp³-hybridized carbons (Fsp3) is 0.176. The van der Waals surface area contributed by atoms with Gasteiger partial charge in [0.05, 0.1) is 0 Å². The number of benzene rings is 2. The van der Waals surface area contributed by atoms with Crippen molar-refractivity contribution in [2.75, 3.05) is 0 Å². The Morgan fingerprint density at radius 1 is 0.955 bits per heavy atom. The van der Waals surface area contributed by atoms with Crippen molar-refractivity contribution in [3.63, 3.8) is 0 Å². The van der Waals surface area contributed by atoms with Gasteiger partial charge >= 0.3 is 6.18 Å². The van der Waals surface area contributed by atoms with E-state index < -0.39 is 12.2 Å². The molecular weight excluding hydrogens is 289 g/mol. The lowest BCUT2D eigenvalue weighted by Crippen LogP contribution is -2.33. The number of halogens is 3. The Morgan fingerprint density at radius 2 is 1.64 bits per heavy atom. The molecule has 1 unspecified atom stereocenters. The van der Waals surface area contributed by atoms with E-state index in [-0.39, 0.29) is 12.1 Å². The van der Waals surface area contributed by atoms with Crippen LogP contribution in [-0.2, 0) is 6.54 Å². The summed E-state index contributed by atoms with van der Waals surface area (Å²) in [5, 5.41) is 3.21. The number of hydrogen-bond acceptors (Lipinski definition) is 1. The van der Waals surface area contributed by atoms with Crippen LogP contribution in [0.1, 0.15) is 17.2 Å². The van der Waals surface area contributed by atoms with Gasteiger partial charge in [-0.3, -0.25) is 5.32 Å². The fourth-order valence-electron chi connectivity index (χ4n) is 2.55. The molecule has 0 saturated heterocycles. The highest BCUT2D eigenvalue weighted by Gasteiger charge is 2.41. The van der Waals surface area contributed by atoms with Gasteiger partial charge in [0.1, 0.15) is 6.04 Å². The van der Waals surface area contributed by atoms with Crippen LogP contribution in [0.2, 0.25) is 0 Å². The zero-order chi connectivity index (χ0) is 15.6. The molecule has 22 heavy (non-hydrogen) atoms. The fourth-order valence-corrected chi connectivity index (χ4v) is 2.55. The molecule has 0 bridgehead atoms. The standard InChI is InChI=1S/C17H15F3N2/c18-17(19,20)16(22-10-12-6-2-1-3-7-12)14-11-21-15-9-5-4-8-13(14)15/h1-9,11,16,21-22H,10H2. The lowest BCUT2D eigenvalue weighted by molar-refractivity contribution is -0.157. The number of hydrogen-bond donors (Lipinski definition) is 2. The minimum atomic E-state index is -4.36. The summed E-state index contributed by atoms with van der Waals surface area (Å²) < 4.78 is 40.3. The lowest BCUT2D eigenvalue weighted by Gasteiger charge is -2.21. The summed E-state index contributed by atoms with van der Waals surface area (Å²) in [6, 6.07) is 14.4. The summed E-state index contributed by atoms with van der Waals surface area (Å²) >= 11 is 0. The molecule has 0 saturated carbocycles. The monoisotopic (exact) mass is 304 g/mol. The summed E-state index contributed by atoms with van der Waals surface area (Å²) in [5.41, 5.74) is 1.74. The van der Waals surface area contributed by atoms with E-state index in [0.29, 0.717) is 10.9 Å². The molecule has 0 aliphatic carbocycles. The van der Waals surface area contributed by atoms with E-state index in [1.165, 1.54) is 6.20 Å². The largest absolute Gasteiger partial charge is 0.407 e. The van der Waals surface area contributed by atoms with Crippen molar-refractivity contribution in [3.05, 3.63) is 71.9 Å². The molecule has 1 heterocycles. The van der Waals surface area contributed by atoms with Crippen LogP contribution in [0.4, 0.5) is 13.2 Å². The zero-order valence-corrected chi connectivity index (χ0v) is 11.7. The molecule has 2 N–H and O–H groups in total. The Hall–Kier alpha value is -2.27. The van der Waals surface area contributed by atoms with Crippen molar-refractivity contribution < 1.29 is 13.2 Å². The number of aromatic nitrogens is 1. The number of para-hydroxylation sites is 1. The van der Waals surface area contributed by atoms with E-state index in [0.717, 1.165) is 5.56 Å². The Morgan fingerprint density at radius 3 is 2.36 bits per heavy atom. The molecule has 5 heteroatoms. The molecule has 0 amide bonds. The molecule has 0 spiro atoms. The van der Waals surface area contributed by atoms with Crippen LogP contribution in [0, 0.1) is 0 Å². The van der Waals surface area contributed by atoms with Crippen molar-refractivity contribution in [1.82, 2.24) is 10.3 Å². The van der Waals surface area contributed by atoms with Gasteiger partial charge in [-0.05, 0) is 11.6 Å². The molecule has 0 aliphatic rings. The highest BCUT2D eigenvalue weighted by Crippen LogP contribution is 2.36. The molecule has 114 valence electrons. The van der Waals surface area contributed by atoms with Crippen LogP contribution >= 0.6 is 0 Å². The number of alkyl halides is 3. The number of rotatable bonds is 4. The Kier molecular flexibility index (Phi) is 3.90. The van der Waals surface area contributed by atoms with Gasteiger partial charge in [0.2, 0.25) is 0 Å². The number of nitrogens with one attached hydrogen (secondary N) is 2. The van der Waals surface area contributed by atoms with Crippen molar-refractivity contribution in [2.24, 2.45) is 0 Å². The number of H-pyrrole nitrogens is 1. The van der Waals surface area contributed by atoms with E-state index >= 15 is 0 Å². The van der Waals surface area contributed by atoms with Crippen molar-refractivity contribution in [3.8, 4) is 0 Å². The van der Waals surface area contributed by atoms with Gasteiger partial charge < -0.3 is 4.98 Å². The molecule has 1 aromatic heterocycles. The Balaban J connectivity index is 1.90. The average molecular weight is 304 g/mol. The summed E-state index contributed by atoms with van der Waals surface area (Å²) in [4.78, 5) is 2.90. The van der Waals surface area contributed by atoms with E-state index in [4.69, 9.17) is 0 Å². The zero-order valence-electron chi connectivity index (χ0n) is 11.7. The average Bonchev–Trinajstić information content (AvgIpc) is 2.91. The lowest BCUT2D eigenvalue weighted by atomic mass is 10.0. The van der Waals surface area contributed by atoms with Gasteiger partial charge in [0.25, 0.3) is 0 Å². The maximum Gasteiger partial charge on any atom is 0.407 e. The number of fused-ring (bicyclic) bond motifs is 1. The van der Waals surface area contributed by atoms with Crippen molar-refractivity contribution in [1.29, 1.82) is 0 Å². The second-order valence-corrected chi connectivity index (χ2v) is 5.13. The van der Waals surface area contributed by atoms with Gasteiger partial charge in [-0.1, -0.05) is 48.5 Å². The first kappa shape index (κ1) is 14.7. The molecule has 3 aromatic rings. The molecule has 1 atom stereocenters. The first-order chi connectivity index (χ1) is 10.6. The Bertz CT molecular complexity index is 747. The van der Waals surface area contributed by atoms with Crippen LogP contribution in [-0.4, -0.2) is 11.2 Å². The number of aromatic amines is 1. The van der Waals surface area contributed by atoms with E-state index in [2.05, 4.69) is 10.3 Å². The van der Waals surface area contributed by atoms with Gasteiger partial charge in [-0.15, -0.1) is 0 Å². The maximum absolute atomic E-state index is 13.4. The third-order valence-electron chi connectivity index (χ3n) is 3.61. The SMILES string of the molecule is FC(F)(F)C(NCc1ccccc1)c1c[nH]c2ccccc12. The predicted molar refractivity (Wildman–Crippen MR) is 80.4 cm³/mol. The van der Waals surface area contributed by atoms with Gasteiger partial charge in [0.15, 0.2) is 0 Å². The molecule has 3 rings (SSSR count). The highest BCUT2D eigenvalue weighted by atomic mass is 19.4. The van der Waals surface area contributed by atoms with Crippen LogP contribution in [0.15, 0.2) is 60.8 Å². The third-order valence-corrected chi connectivity index (χ3v) is 3.61. The smallest absolute Gasteiger partial charge is 0.361 e. The van der Waals surface area contributed by atoms with Gasteiger partial charge in [0, 0.05) is 29.2 Å². The van der Waals surface area contributed by atoms with E-state index in [1.807, 2.05) is 18.2 Å². The van der Waals surface area contributed by atoms with Gasteiger partial charge in [-0.25, -0.2) is 0 Å². The molecule has 2 aromatic carbocycles. The summed E-state index contributed by atoms with van der Waals surface area (Å²) in [5.74, 6) is 0. The van der Waals surface area contributed by atoms with Gasteiger partial charge in [-0.2, -0.15) is 13.2 Å². The molecular formula is C17H15F3N2. The topological polar surface area (TPSA) is 27.8 Å². The summed E-state index contributed by atoms with van der Waals surface area (Å²) in [7, 11) is 0. The first-order valence-electron chi connectivity index (χ1n) is 6.96. The molecule has 0 fully saturated rings. The maximum atomic E-state index is 13.4. The van der Waals surface area contributed by atoms with Crippen LogP contribution in [0.3, 0.4) is 0 Å². The first-order valence-corrected chi connectivity index (χ1v) is 6.96. The third kappa shape index (κ3) is 2.99. The second-order valence-electron chi connectivity index (χ2n) is 5.13. The van der Waals surface area contributed by atoms with Crippen molar-refractivity contribution >= 4 is 10.9 Å². The summed E-state index contributed by atoms with van der Waals surface area (Å²) in [6.07, 6.45) is -2.93. The van der Waals surface area contributed by atoms with E-state index in [9.17, 15) is 13.2 Å².